The summed E-state index contributed by atoms with van der Waals surface area (Å²) in [4.78, 5) is 11.4. The molecular weight excluding hydrogens is 230 g/mol. The third-order valence-corrected chi connectivity index (χ3v) is 2.27. The van der Waals surface area contributed by atoms with E-state index in [1.807, 2.05) is 13.0 Å². The van der Waals surface area contributed by atoms with Crippen LogP contribution < -0.4 is 11.1 Å². The Bertz CT molecular complexity index is 412. The first-order chi connectivity index (χ1) is 7.54. The second-order valence-electron chi connectivity index (χ2n) is 3.25. The standard InChI is InChI=1S/C10H12ClN3O2/c1-6-3-2-4-7(11)10(6)13-9(15)5-8(12)14-16/h2-4,16H,5H2,1H3,(H2,12,14)(H,13,15). The highest BCUT2D eigenvalue weighted by atomic mass is 35.5. The van der Waals surface area contributed by atoms with Crippen LogP contribution in [0.1, 0.15) is 12.0 Å². The van der Waals surface area contributed by atoms with E-state index in [0.29, 0.717) is 10.7 Å². The number of nitrogens with one attached hydrogen (secondary N) is 1. The molecular formula is C10H12ClN3O2. The average Bonchev–Trinajstić information content (AvgIpc) is 2.23. The molecule has 0 aromatic heterocycles. The van der Waals surface area contributed by atoms with Gasteiger partial charge in [-0.25, -0.2) is 0 Å². The first kappa shape index (κ1) is 12.3. The van der Waals surface area contributed by atoms with Crippen LogP contribution in [0.5, 0.6) is 0 Å². The van der Waals surface area contributed by atoms with Crippen molar-refractivity contribution in [1.29, 1.82) is 0 Å². The van der Waals surface area contributed by atoms with Crippen molar-refractivity contribution in [3.05, 3.63) is 28.8 Å². The van der Waals surface area contributed by atoms with Crippen LogP contribution in [0.3, 0.4) is 0 Å². The number of anilines is 1. The second-order valence-corrected chi connectivity index (χ2v) is 3.66. The highest BCUT2D eigenvalue weighted by Crippen LogP contribution is 2.25. The molecule has 0 aliphatic heterocycles. The monoisotopic (exact) mass is 241 g/mol. The summed E-state index contributed by atoms with van der Waals surface area (Å²) < 4.78 is 0. The number of oxime groups is 1. The molecule has 6 heteroatoms. The number of amidine groups is 1. The summed E-state index contributed by atoms with van der Waals surface area (Å²) in [5.41, 5.74) is 6.60. The van der Waals surface area contributed by atoms with E-state index in [1.165, 1.54) is 0 Å². The number of aryl methyl sites for hydroxylation is 1. The van der Waals surface area contributed by atoms with Gasteiger partial charge in [0.2, 0.25) is 5.91 Å². The highest BCUT2D eigenvalue weighted by Gasteiger charge is 2.09. The molecule has 16 heavy (non-hydrogen) atoms. The molecule has 86 valence electrons. The number of carbonyl (C=O) groups is 1. The van der Waals surface area contributed by atoms with Gasteiger partial charge in [-0.05, 0) is 18.6 Å². The number of amides is 1. The molecule has 0 heterocycles. The topological polar surface area (TPSA) is 87.7 Å². The molecule has 0 fully saturated rings. The average molecular weight is 242 g/mol. The minimum atomic E-state index is -0.383. The van der Waals surface area contributed by atoms with Crippen molar-refractivity contribution in [2.45, 2.75) is 13.3 Å². The number of benzene rings is 1. The highest BCUT2D eigenvalue weighted by molar-refractivity contribution is 6.34. The lowest BCUT2D eigenvalue weighted by Crippen LogP contribution is -2.22. The van der Waals surface area contributed by atoms with Crippen LogP contribution in [-0.4, -0.2) is 17.0 Å². The number of nitrogens with zero attached hydrogens (tertiary/aromatic N) is 1. The maximum Gasteiger partial charge on any atom is 0.232 e. The molecule has 4 N–H and O–H groups in total. The summed E-state index contributed by atoms with van der Waals surface area (Å²) in [6.07, 6.45) is -0.179. The maximum absolute atomic E-state index is 11.4. The number of hydrogen-bond acceptors (Lipinski definition) is 3. The van der Waals surface area contributed by atoms with Crippen molar-refractivity contribution in [2.24, 2.45) is 10.9 Å². The molecule has 0 radical (unpaired) electrons. The van der Waals surface area contributed by atoms with Crippen LogP contribution in [0.15, 0.2) is 23.4 Å². The van der Waals surface area contributed by atoms with E-state index in [0.717, 1.165) is 5.56 Å². The van der Waals surface area contributed by atoms with E-state index < -0.39 is 0 Å². The zero-order valence-corrected chi connectivity index (χ0v) is 9.45. The number of rotatable bonds is 3. The van der Waals surface area contributed by atoms with Crippen molar-refractivity contribution in [3.8, 4) is 0 Å². The van der Waals surface area contributed by atoms with Crippen LogP contribution in [0.25, 0.3) is 0 Å². The van der Waals surface area contributed by atoms with Crippen molar-refractivity contribution in [1.82, 2.24) is 0 Å². The Kier molecular flexibility index (Phi) is 4.13. The Labute approximate surface area is 97.9 Å². The quantitative estimate of drug-likeness (QED) is 0.326. The molecule has 1 amide bonds. The molecule has 1 aromatic carbocycles. The van der Waals surface area contributed by atoms with Crippen LogP contribution in [-0.2, 0) is 4.79 Å². The molecule has 0 aliphatic carbocycles. The summed E-state index contributed by atoms with van der Waals surface area (Å²) in [6, 6.07) is 5.29. The molecule has 1 aromatic rings. The minimum absolute atomic E-state index is 0.151. The Hall–Kier alpha value is -1.75. The van der Waals surface area contributed by atoms with Crippen molar-refractivity contribution in [3.63, 3.8) is 0 Å². The number of hydrogen-bond donors (Lipinski definition) is 3. The van der Waals surface area contributed by atoms with Gasteiger partial charge >= 0.3 is 0 Å². The van der Waals surface area contributed by atoms with Gasteiger partial charge in [0.1, 0.15) is 5.84 Å². The third kappa shape index (κ3) is 3.13. The summed E-state index contributed by atoms with van der Waals surface area (Å²) in [5.74, 6) is -0.534. The van der Waals surface area contributed by atoms with Gasteiger partial charge in [0.25, 0.3) is 0 Å². The fourth-order valence-corrected chi connectivity index (χ4v) is 1.44. The number of nitrogens with two attached hydrogens (primary N) is 1. The van der Waals surface area contributed by atoms with Gasteiger partial charge in [-0.2, -0.15) is 0 Å². The molecule has 0 saturated heterocycles. The van der Waals surface area contributed by atoms with Gasteiger partial charge in [-0.15, -0.1) is 0 Å². The van der Waals surface area contributed by atoms with Gasteiger partial charge in [-0.1, -0.05) is 28.9 Å². The summed E-state index contributed by atoms with van der Waals surface area (Å²) in [6.45, 7) is 1.82. The number of carbonyl (C=O) groups excluding carboxylic acids is 1. The van der Waals surface area contributed by atoms with Crippen LogP contribution in [0.2, 0.25) is 5.02 Å². The normalized spacial score (nSPS) is 11.2. The van der Waals surface area contributed by atoms with Gasteiger partial charge in [0.15, 0.2) is 0 Å². The molecule has 0 bridgehead atoms. The van der Waals surface area contributed by atoms with Crippen molar-refractivity contribution >= 4 is 29.0 Å². The van der Waals surface area contributed by atoms with Gasteiger partial charge in [0, 0.05) is 0 Å². The molecule has 0 saturated carbocycles. The molecule has 0 aliphatic rings. The predicted molar refractivity (Wildman–Crippen MR) is 62.8 cm³/mol. The smallest absolute Gasteiger partial charge is 0.232 e. The van der Waals surface area contributed by atoms with E-state index >= 15 is 0 Å². The lowest BCUT2D eigenvalue weighted by atomic mass is 10.2. The van der Waals surface area contributed by atoms with Gasteiger partial charge < -0.3 is 16.3 Å². The number of halogens is 1. The van der Waals surface area contributed by atoms with E-state index in [1.54, 1.807) is 12.1 Å². The lowest BCUT2D eigenvalue weighted by Gasteiger charge is -2.09. The van der Waals surface area contributed by atoms with Gasteiger partial charge in [0.05, 0.1) is 17.1 Å². The van der Waals surface area contributed by atoms with E-state index in [9.17, 15) is 4.79 Å². The molecule has 0 spiro atoms. The summed E-state index contributed by atoms with van der Waals surface area (Å²) in [7, 11) is 0. The lowest BCUT2D eigenvalue weighted by molar-refractivity contribution is -0.115. The Balaban J connectivity index is 2.77. The first-order valence-electron chi connectivity index (χ1n) is 4.56. The second kappa shape index (κ2) is 5.37. The summed E-state index contributed by atoms with van der Waals surface area (Å²) in [5, 5.41) is 14.1. The van der Waals surface area contributed by atoms with Crippen molar-refractivity contribution in [2.75, 3.05) is 5.32 Å². The van der Waals surface area contributed by atoms with E-state index in [-0.39, 0.29) is 18.2 Å². The molecule has 0 atom stereocenters. The molecule has 1 rings (SSSR count). The summed E-state index contributed by atoms with van der Waals surface area (Å²) >= 11 is 5.92. The molecule has 5 nitrogen and oxygen atoms in total. The van der Waals surface area contributed by atoms with Crippen LogP contribution in [0.4, 0.5) is 5.69 Å². The van der Waals surface area contributed by atoms with E-state index in [4.69, 9.17) is 22.5 Å². The molecule has 0 unspecified atom stereocenters. The minimum Gasteiger partial charge on any atom is -0.409 e. The van der Waals surface area contributed by atoms with E-state index in [2.05, 4.69) is 10.5 Å². The Morgan fingerprint density at radius 2 is 2.31 bits per heavy atom. The largest absolute Gasteiger partial charge is 0.409 e. The van der Waals surface area contributed by atoms with Crippen LogP contribution in [0, 0.1) is 6.92 Å². The van der Waals surface area contributed by atoms with Crippen LogP contribution >= 0.6 is 11.6 Å². The van der Waals surface area contributed by atoms with Crippen molar-refractivity contribution < 1.29 is 10.0 Å². The Morgan fingerprint density at radius 1 is 1.62 bits per heavy atom. The van der Waals surface area contributed by atoms with Gasteiger partial charge in [-0.3, -0.25) is 4.79 Å². The SMILES string of the molecule is Cc1cccc(Cl)c1NC(=O)CC(N)=NO. The predicted octanol–water partition coefficient (Wildman–Crippen LogP) is 1.72. The Morgan fingerprint density at radius 3 is 2.88 bits per heavy atom. The maximum atomic E-state index is 11.4. The third-order valence-electron chi connectivity index (χ3n) is 1.96. The zero-order chi connectivity index (χ0) is 12.1. The fourth-order valence-electron chi connectivity index (χ4n) is 1.17. The fraction of sp³-hybridized carbons (Fsp3) is 0.200. The zero-order valence-electron chi connectivity index (χ0n) is 8.70. The first-order valence-corrected chi connectivity index (χ1v) is 4.93. The number of para-hydroxylation sites is 1.